The number of benzene rings is 1. The zero-order valence-corrected chi connectivity index (χ0v) is 9.84. The van der Waals surface area contributed by atoms with Gasteiger partial charge in [0.15, 0.2) is 0 Å². The lowest BCUT2D eigenvalue weighted by atomic mass is 9.65. The molecular weight excluding hydrogens is 243 g/mol. The van der Waals surface area contributed by atoms with Crippen LogP contribution in [0.5, 0.6) is 5.75 Å². The summed E-state index contributed by atoms with van der Waals surface area (Å²) < 4.78 is 43.2. The van der Waals surface area contributed by atoms with Crippen molar-refractivity contribution in [3.05, 3.63) is 29.3 Å². The second-order valence-electron chi connectivity index (χ2n) is 4.46. The number of nitrogens with zero attached hydrogens (tertiary/aromatic N) is 1. The Morgan fingerprint density at radius 1 is 1.33 bits per heavy atom. The van der Waals surface area contributed by atoms with Crippen LogP contribution in [0, 0.1) is 11.3 Å². The highest BCUT2D eigenvalue weighted by atomic mass is 19.4. The van der Waals surface area contributed by atoms with Gasteiger partial charge in [-0.2, -0.15) is 18.4 Å². The zero-order valence-electron chi connectivity index (χ0n) is 9.84. The fourth-order valence-corrected chi connectivity index (χ4v) is 2.23. The number of halogens is 3. The first kappa shape index (κ1) is 12.7. The van der Waals surface area contributed by atoms with Crippen LogP contribution in [0.25, 0.3) is 0 Å². The molecule has 0 aliphatic heterocycles. The van der Waals surface area contributed by atoms with Crippen LogP contribution in [0.4, 0.5) is 13.2 Å². The minimum Gasteiger partial charge on any atom is -0.496 e. The first-order valence-electron chi connectivity index (χ1n) is 5.60. The summed E-state index contributed by atoms with van der Waals surface area (Å²) >= 11 is 0. The number of hydrogen-bond acceptors (Lipinski definition) is 2. The van der Waals surface area contributed by atoms with E-state index in [-0.39, 0.29) is 0 Å². The van der Waals surface area contributed by atoms with Gasteiger partial charge in [-0.3, -0.25) is 0 Å². The van der Waals surface area contributed by atoms with Gasteiger partial charge in [-0.1, -0.05) is 0 Å². The Bertz CT molecular complexity index is 498. The molecule has 96 valence electrons. The van der Waals surface area contributed by atoms with E-state index in [0.717, 1.165) is 18.6 Å². The number of methoxy groups -OCH3 is 1. The van der Waals surface area contributed by atoms with Crippen LogP contribution in [0.2, 0.25) is 0 Å². The van der Waals surface area contributed by atoms with Gasteiger partial charge in [0.2, 0.25) is 0 Å². The number of nitriles is 1. The van der Waals surface area contributed by atoms with E-state index in [2.05, 4.69) is 6.07 Å². The fourth-order valence-electron chi connectivity index (χ4n) is 2.23. The molecule has 2 rings (SSSR count). The van der Waals surface area contributed by atoms with Crippen molar-refractivity contribution < 1.29 is 17.9 Å². The Morgan fingerprint density at radius 2 is 2.00 bits per heavy atom. The van der Waals surface area contributed by atoms with Crippen molar-refractivity contribution >= 4 is 0 Å². The van der Waals surface area contributed by atoms with Crippen LogP contribution in [0.15, 0.2) is 18.2 Å². The number of hydrogen-bond donors (Lipinski definition) is 0. The standard InChI is InChI=1S/C13H12F3NO/c1-18-11-4-3-9(13(14,15)16)7-10(11)12(8-17)5-2-6-12/h3-4,7H,2,5-6H2,1H3. The molecule has 0 saturated heterocycles. The average molecular weight is 255 g/mol. The minimum absolute atomic E-state index is 0.351. The van der Waals surface area contributed by atoms with Gasteiger partial charge >= 0.3 is 6.18 Å². The molecule has 0 N–H and O–H groups in total. The molecule has 0 atom stereocenters. The first-order valence-corrected chi connectivity index (χ1v) is 5.60. The van der Waals surface area contributed by atoms with Gasteiger partial charge in [0.05, 0.1) is 24.2 Å². The van der Waals surface area contributed by atoms with Crippen molar-refractivity contribution in [2.45, 2.75) is 30.9 Å². The first-order chi connectivity index (χ1) is 8.43. The van der Waals surface area contributed by atoms with Crippen molar-refractivity contribution in [2.75, 3.05) is 7.11 Å². The van der Waals surface area contributed by atoms with Crippen LogP contribution in [-0.4, -0.2) is 7.11 Å². The molecule has 5 heteroatoms. The molecule has 0 heterocycles. The quantitative estimate of drug-likeness (QED) is 0.808. The van der Waals surface area contributed by atoms with E-state index in [4.69, 9.17) is 4.74 Å². The molecule has 18 heavy (non-hydrogen) atoms. The van der Waals surface area contributed by atoms with Gasteiger partial charge < -0.3 is 4.74 Å². The summed E-state index contributed by atoms with van der Waals surface area (Å²) in [5.41, 5.74) is -1.19. The molecule has 0 spiro atoms. The van der Waals surface area contributed by atoms with Crippen LogP contribution in [0.1, 0.15) is 30.4 Å². The SMILES string of the molecule is COc1ccc(C(F)(F)F)cc1C1(C#N)CCC1. The fraction of sp³-hybridized carbons (Fsp3) is 0.462. The van der Waals surface area contributed by atoms with E-state index in [1.54, 1.807) is 0 Å². The molecule has 1 aromatic rings. The molecule has 0 amide bonds. The maximum atomic E-state index is 12.7. The topological polar surface area (TPSA) is 33.0 Å². The third-order valence-electron chi connectivity index (χ3n) is 3.46. The van der Waals surface area contributed by atoms with Gasteiger partial charge in [-0.05, 0) is 37.5 Å². The Hall–Kier alpha value is -1.70. The summed E-state index contributed by atoms with van der Waals surface area (Å²) in [5.74, 6) is 0.351. The second kappa shape index (κ2) is 4.20. The Labute approximate surface area is 103 Å². The summed E-state index contributed by atoms with van der Waals surface area (Å²) in [6, 6.07) is 5.45. The van der Waals surface area contributed by atoms with Gasteiger partial charge in [-0.25, -0.2) is 0 Å². The molecule has 0 radical (unpaired) electrons. The zero-order chi connectivity index (χ0) is 13.4. The van der Waals surface area contributed by atoms with E-state index in [0.29, 0.717) is 24.2 Å². The highest BCUT2D eigenvalue weighted by Gasteiger charge is 2.42. The van der Waals surface area contributed by atoms with Crippen LogP contribution in [-0.2, 0) is 11.6 Å². The maximum Gasteiger partial charge on any atom is 0.416 e. The molecule has 0 bridgehead atoms. The summed E-state index contributed by atoms with van der Waals surface area (Å²) in [7, 11) is 1.40. The Balaban J connectivity index is 2.54. The smallest absolute Gasteiger partial charge is 0.416 e. The van der Waals surface area contributed by atoms with Gasteiger partial charge in [0.25, 0.3) is 0 Å². The van der Waals surface area contributed by atoms with Crippen LogP contribution < -0.4 is 4.74 Å². The molecule has 1 aliphatic carbocycles. The molecule has 2 nitrogen and oxygen atoms in total. The molecule has 1 aromatic carbocycles. The van der Waals surface area contributed by atoms with Crippen molar-refractivity contribution in [1.82, 2.24) is 0 Å². The van der Waals surface area contributed by atoms with Gasteiger partial charge in [-0.15, -0.1) is 0 Å². The largest absolute Gasteiger partial charge is 0.496 e. The van der Waals surface area contributed by atoms with Crippen LogP contribution >= 0.6 is 0 Å². The van der Waals surface area contributed by atoms with Crippen molar-refractivity contribution in [1.29, 1.82) is 5.26 Å². The van der Waals surface area contributed by atoms with E-state index < -0.39 is 17.2 Å². The normalized spacial score (nSPS) is 17.7. The third-order valence-corrected chi connectivity index (χ3v) is 3.46. The molecule has 1 saturated carbocycles. The average Bonchev–Trinajstić information content (AvgIpc) is 2.27. The van der Waals surface area contributed by atoms with E-state index in [1.807, 2.05) is 0 Å². The number of ether oxygens (including phenoxy) is 1. The lowest BCUT2D eigenvalue weighted by molar-refractivity contribution is -0.137. The van der Waals surface area contributed by atoms with Gasteiger partial charge in [0, 0.05) is 5.56 Å². The van der Waals surface area contributed by atoms with E-state index in [9.17, 15) is 18.4 Å². The van der Waals surface area contributed by atoms with Crippen LogP contribution in [0.3, 0.4) is 0 Å². The van der Waals surface area contributed by atoms with Crippen molar-refractivity contribution in [3.63, 3.8) is 0 Å². The van der Waals surface area contributed by atoms with E-state index in [1.165, 1.54) is 13.2 Å². The lowest BCUT2D eigenvalue weighted by Gasteiger charge is -2.36. The predicted octanol–water partition coefficient (Wildman–Crippen LogP) is 3.66. The number of rotatable bonds is 2. The lowest BCUT2D eigenvalue weighted by Crippen LogP contribution is -2.33. The summed E-state index contributed by atoms with van der Waals surface area (Å²) in [6.07, 6.45) is -2.38. The molecule has 0 aromatic heterocycles. The minimum atomic E-state index is -4.40. The summed E-state index contributed by atoms with van der Waals surface area (Å²) in [4.78, 5) is 0. The molecule has 1 fully saturated rings. The molecular formula is C13H12F3NO. The summed E-state index contributed by atoms with van der Waals surface area (Å²) in [6.45, 7) is 0. The molecule has 1 aliphatic rings. The monoisotopic (exact) mass is 255 g/mol. The summed E-state index contributed by atoms with van der Waals surface area (Å²) in [5, 5.41) is 9.22. The predicted molar refractivity (Wildman–Crippen MR) is 59.1 cm³/mol. The highest BCUT2D eigenvalue weighted by molar-refractivity contribution is 5.48. The second-order valence-corrected chi connectivity index (χ2v) is 4.46. The van der Waals surface area contributed by atoms with Crippen molar-refractivity contribution in [2.24, 2.45) is 0 Å². The van der Waals surface area contributed by atoms with Crippen molar-refractivity contribution in [3.8, 4) is 11.8 Å². The number of alkyl halides is 3. The Kier molecular flexibility index (Phi) is 2.97. The molecule has 0 unspecified atom stereocenters. The van der Waals surface area contributed by atoms with Gasteiger partial charge in [0.1, 0.15) is 5.75 Å². The highest BCUT2D eigenvalue weighted by Crippen LogP contribution is 2.48. The maximum absolute atomic E-state index is 12.7. The van der Waals surface area contributed by atoms with E-state index >= 15 is 0 Å². The Morgan fingerprint density at radius 3 is 2.39 bits per heavy atom. The third kappa shape index (κ3) is 1.92.